The van der Waals surface area contributed by atoms with Crippen molar-refractivity contribution >= 4 is 29.1 Å². The summed E-state index contributed by atoms with van der Waals surface area (Å²) in [5.74, 6) is 0.0397. The summed E-state index contributed by atoms with van der Waals surface area (Å²) in [7, 11) is 3.00. The van der Waals surface area contributed by atoms with Crippen LogP contribution >= 0.6 is 0 Å². The largest absolute Gasteiger partial charge is 0.493 e. The molecule has 8 heteroatoms. The summed E-state index contributed by atoms with van der Waals surface area (Å²) in [6.07, 6.45) is 1.92. The van der Waals surface area contributed by atoms with Crippen molar-refractivity contribution in [2.45, 2.75) is 26.7 Å². The molecule has 2 aromatic rings. The van der Waals surface area contributed by atoms with Gasteiger partial charge in [0.1, 0.15) is 0 Å². The maximum absolute atomic E-state index is 13.1. The Morgan fingerprint density at radius 3 is 2.06 bits per heavy atom. The van der Waals surface area contributed by atoms with Crippen LogP contribution in [0, 0.1) is 5.92 Å². The highest BCUT2D eigenvalue weighted by Gasteiger charge is 2.25. The van der Waals surface area contributed by atoms with Crippen molar-refractivity contribution in [1.82, 2.24) is 4.90 Å². The SMILES string of the molecule is COc1cc(NC(=O)c2ccc(NC(=O)C(C)C)cc2)c(C(=O)N2CCCC2)cc1OC. The number of nitrogens with one attached hydrogen (secondary N) is 2. The molecular weight excluding hydrogens is 410 g/mol. The smallest absolute Gasteiger partial charge is 0.256 e. The predicted octanol–water partition coefficient (Wildman–Crippen LogP) is 3.79. The van der Waals surface area contributed by atoms with E-state index in [9.17, 15) is 14.4 Å². The first-order valence-electron chi connectivity index (χ1n) is 10.6. The summed E-state index contributed by atoms with van der Waals surface area (Å²) in [4.78, 5) is 39.6. The van der Waals surface area contributed by atoms with Gasteiger partial charge in [-0.2, -0.15) is 0 Å². The van der Waals surface area contributed by atoms with Gasteiger partial charge in [0.05, 0.1) is 25.5 Å². The molecule has 1 aliphatic rings. The molecule has 2 aromatic carbocycles. The number of anilines is 2. The third-order valence-corrected chi connectivity index (χ3v) is 5.33. The number of likely N-dealkylation sites (tertiary alicyclic amines) is 1. The van der Waals surface area contributed by atoms with E-state index in [-0.39, 0.29) is 23.6 Å². The molecular formula is C24H29N3O5. The van der Waals surface area contributed by atoms with E-state index >= 15 is 0 Å². The normalized spacial score (nSPS) is 13.1. The Hall–Kier alpha value is -3.55. The van der Waals surface area contributed by atoms with Crippen molar-refractivity contribution in [1.29, 1.82) is 0 Å². The minimum atomic E-state index is -0.380. The fraction of sp³-hybridized carbons (Fsp3) is 0.375. The lowest BCUT2D eigenvalue weighted by atomic mass is 10.1. The van der Waals surface area contributed by atoms with E-state index in [2.05, 4.69) is 10.6 Å². The van der Waals surface area contributed by atoms with E-state index in [1.165, 1.54) is 14.2 Å². The molecule has 0 saturated carbocycles. The highest BCUT2D eigenvalue weighted by atomic mass is 16.5. The average molecular weight is 440 g/mol. The first kappa shape index (κ1) is 23.1. The molecule has 170 valence electrons. The third kappa shape index (κ3) is 5.19. The maximum Gasteiger partial charge on any atom is 0.256 e. The van der Waals surface area contributed by atoms with Gasteiger partial charge in [-0.1, -0.05) is 13.8 Å². The van der Waals surface area contributed by atoms with Crippen LogP contribution < -0.4 is 20.1 Å². The molecule has 0 bridgehead atoms. The zero-order valence-corrected chi connectivity index (χ0v) is 18.9. The molecule has 1 fully saturated rings. The van der Waals surface area contributed by atoms with Gasteiger partial charge >= 0.3 is 0 Å². The van der Waals surface area contributed by atoms with Gasteiger partial charge in [0.25, 0.3) is 11.8 Å². The highest BCUT2D eigenvalue weighted by molar-refractivity contribution is 6.09. The summed E-state index contributed by atoms with van der Waals surface area (Å²) >= 11 is 0. The fourth-order valence-electron chi connectivity index (χ4n) is 3.44. The lowest BCUT2D eigenvalue weighted by Gasteiger charge is -2.20. The van der Waals surface area contributed by atoms with Gasteiger partial charge in [0.15, 0.2) is 11.5 Å². The number of hydrogen-bond donors (Lipinski definition) is 2. The molecule has 1 saturated heterocycles. The molecule has 2 N–H and O–H groups in total. The molecule has 1 heterocycles. The van der Waals surface area contributed by atoms with Gasteiger partial charge in [0, 0.05) is 36.3 Å². The van der Waals surface area contributed by atoms with Gasteiger partial charge in [-0.25, -0.2) is 0 Å². The summed E-state index contributed by atoms with van der Waals surface area (Å²) in [6, 6.07) is 9.76. The van der Waals surface area contributed by atoms with Gasteiger partial charge in [-0.15, -0.1) is 0 Å². The van der Waals surface area contributed by atoms with E-state index in [0.717, 1.165) is 12.8 Å². The van der Waals surface area contributed by atoms with Crippen molar-refractivity contribution in [3.05, 3.63) is 47.5 Å². The molecule has 0 radical (unpaired) electrons. The number of carbonyl (C=O) groups is 3. The molecule has 32 heavy (non-hydrogen) atoms. The first-order valence-corrected chi connectivity index (χ1v) is 10.6. The van der Waals surface area contributed by atoms with Crippen LogP contribution in [0.15, 0.2) is 36.4 Å². The zero-order valence-electron chi connectivity index (χ0n) is 18.9. The summed E-state index contributed by atoms with van der Waals surface area (Å²) in [6.45, 7) is 4.98. The monoisotopic (exact) mass is 439 g/mol. The van der Waals surface area contributed by atoms with Crippen LogP contribution in [0.4, 0.5) is 11.4 Å². The number of nitrogens with zero attached hydrogens (tertiary/aromatic N) is 1. The number of rotatable bonds is 7. The van der Waals surface area contributed by atoms with Crippen LogP contribution in [0.5, 0.6) is 11.5 Å². The molecule has 3 rings (SSSR count). The number of methoxy groups -OCH3 is 2. The second kappa shape index (κ2) is 10.2. The van der Waals surface area contributed by atoms with Crippen LogP contribution in [-0.2, 0) is 4.79 Å². The third-order valence-electron chi connectivity index (χ3n) is 5.33. The van der Waals surface area contributed by atoms with Crippen molar-refractivity contribution in [2.24, 2.45) is 5.92 Å². The van der Waals surface area contributed by atoms with Crippen LogP contribution in [-0.4, -0.2) is 49.9 Å². The number of benzene rings is 2. The van der Waals surface area contributed by atoms with Crippen molar-refractivity contribution in [3.8, 4) is 11.5 Å². The van der Waals surface area contributed by atoms with Crippen LogP contribution in [0.2, 0.25) is 0 Å². The van der Waals surface area contributed by atoms with Crippen molar-refractivity contribution in [2.75, 3.05) is 37.9 Å². The van der Waals surface area contributed by atoms with Gasteiger partial charge in [-0.05, 0) is 43.2 Å². The van der Waals surface area contributed by atoms with Gasteiger partial charge in [0.2, 0.25) is 5.91 Å². The minimum Gasteiger partial charge on any atom is -0.493 e. The Bertz CT molecular complexity index is 995. The second-order valence-electron chi connectivity index (χ2n) is 7.93. The Morgan fingerprint density at radius 1 is 0.906 bits per heavy atom. The second-order valence-corrected chi connectivity index (χ2v) is 7.93. The first-order chi connectivity index (χ1) is 15.3. The lowest BCUT2D eigenvalue weighted by Crippen LogP contribution is -2.29. The number of carbonyl (C=O) groups excluding carboxylic acids is 3. The lowest BCUT2D eigenvalue weighted by molar-refractivity contribution is -0.118. The minimum absolute atomic E-state index is 0.0994. The number of ether oxygens (including phenoxy) is 2. The highest BCUT2D eigenvalue weighted by Crippen LogP contribution is 2.34. The predicted molar refractivity (Wildman–Crippen MR) is 123 cm³/mol. The molecule has 0 atom stereocenters. The maximum atomic E-state index is 13.1. The van der Waals surface area contributed by atoms with Crippen LogP contribution in [0.3, 0.4) is 0 Å². The molecule has 0 aromatic heterocycles. The number of amides is 3. The molecule has 3 amide bonds. The Morgan fingerprint density at radius 2 is 1.50 bits per heavy atom. The molecule has 1 aliphatic heterocycles. The van der Waals surface area contributed by atoms with Crippen molar-refractivity contribution in [3.63, 3.8) is 0 Å². The Balaban J connectivity index is 1.85. The van der Waals surface area contributed by atoms with Crippen molar-refractivity contribution < 1.29 is 23.9 Å². The molecule has 0 spiro atoms. The van der Waals surface area contributed by atoms with Crippen LogP contribution in [0.1, 0.15) is 47.4 Å². The zero-order chi connectivity index (χ0) is 23.3. The summed E-state index contributed by atoms with van der Waals surface area (Å²) in [5, 5.41) is 5.62. The Kier molecular flexibility index (Phi) is 7.35. The van der Waals surface area contributed by atoms with E-state index < -0.39 is 0 Å². The van der Waals surface area contributed by atoms with Gasteiger partial charge < -0.3 is 25.0 Å². The van der Waals surface area contributed by atoms with E-state index in [0.29, 0.717) is 47.1 Å². The summed E-state index contributed by atoms with van der Waals surface area (Å²) < 4.78 is 10.7. The summed E-state index contributed by atoms with van der Waals surface area (Å²) in [5.41, 5.74) is 1.69. The Labute approximate surface area is 187 Å². The van der Waals surface area contributed by atoms with E-state index in [1.807, 2.05) is 0 Å². The van der Waals surface area contributed by atoms with Crippen LogP contribution in [0.25, 0.3) is 0 Å². The topological polar surface area (TPSA) is 97.0 Å². The fourth-order valence-corrected chi connectivity index (χ4v) is 3.44. The molecule has 0 unspecified atom stereocenters. The average Bonchev–Trinajstić information content (AvgIpc) is 3.33. The molecule has 0 aliphatic carbocycles. The van der Waals surface area contributed by atoms with E-state index in [1.54, 1.807) is 55.1 Å². The standard InChI is InChI=1S/C24H29N3O5/c1-15(2)22(28)25-17-9-7-16(8-10-17)23(29)26-19-14-21(32-4)20(31-3)13-18(19)24(30)27-11-5-6-12-27/h7-10,13-15H,5-6,11-12H2,1-4H3,(H,25,28)(H,26,29). The molecule has 8 nitrogen and oxygen atoms in total. The number of hydrogen-bond acceptors (Lipinski definition) is 5. The van der Waals surface area contributed by atoms with Gasteiger partial charge in [-0.3, -0.25) is 14.4 Å². The van der Waals surface area contributed by atoms with E-state index in [4.69, 9.17) is 9.47 Å². The quantitative estimate of drug-likeness (QED) is 0.684.